The summed E-state index contributed by atoms with van der Waals surface area (Å²) in [5.74, 6) is -0.516. The van der Waals surface area contributed by atoms with Gasteiger partial charge in [0.25, 0.3) is 0 Å². The first kappa shape index (κ1) is 12.0. The predicted molar refractivity (Wildman–Crippen MR) is 59.6 cm³/mol. The molecule has 0 spiro atoms. The summed E-state index contributed by atoms with van der Waals surface area (Å²) in [6.45, 7) is 0. The summed E-state index contributed by atoms with van der Waals surface area (Å²) in [5.41, 5.74) is 11.5. The first-order valence-corrected chi connectivity index (χ1v) is 6.04. The minimum atomic E-state index is -0.982. The molecule has 0 aliphatic rings. The molecule has 4 N–H and O–H groups in total. The topological polar surface area (TPSA) is 92.2 Å². The van der Waals surface area contributed by atoms with Gasteiger partial charge >= 0.3 is 0 Å². The van der Waals surface area contributed by atoms with Crippen LogP contribution < -0.4 is 11.5 Å². The summed E-state index contributed by atoms with van der Waals surface area (Å²) in [6, 6.07) is 6.47. The van der Waals surface area contributed by atoms with Crippen LogP contribution >= 0.6 is 0 Å². The molecule has 0 aliphatic heterocycles. The minimum absolute atomic E-state index is 0.409. The molecule has 1 amide bonds. The average molecular weight is 226 g/mol. The molecule has 1 aromatic carbocycles. The van der Waals surface area contributed by atoms with Crippen LogP contribution in [0.3, 0.4) is 0 Å². The number of hydrogen-bond donors (Lipinski definition) is 2. The van der Waals surface area contributed by atoms with Gasteiger partial charge in [0.1, 0.15) is 6.26 Å². The van der Waals surface area contributed by atoms with Gasteiger partial charge in [0.05, 0.1) is 6.04 Å². The van der Waals surface area contributed by atoms with E-state index in [0.717, 1.165) is 10.5 Å². The fourth-order valence-electron chi connectivity index (χ4n) is 1.17. The number of benzene rings is 1. The van der Waals surface area contributed by atoms with Gasteiger partial charge in [-0.15, -0.1) is 0 Å². The van der Waals surface area contributed by atoms with Crippen LogP contribution in [-0.2, 0) is 22.4 Å². The fraction of sp³-hybridized carbons (Fsp3) is 0.300. The first-order chi connectivity index (χ1) is 7.00. The Bertz CT molecular complexity index is 338. The molecule has 0 radical (unpaired) electrons. The predicted octanol–water partition coefficient (Wildman–Crippen LogP) is -0.221. The molecule has 1 unspecified atom stereocenters. The van der Waals surface area contributed by atoms with Crippen molar-refractivity contribution in [2.75, 3.05) is 6.26 Å². The van der Waals surface area contributed by atoms with Crippen molar-refractivity contribution in [2.24, 2.45) is 11.5 Å². The standard InChI is InChI=1S/C10H14N2O2S/c1-15(14)8-4-2-7(3-5-8)6-9(11)10(12)13/h2-5,9H,6,11H2,1H3,(H2,12,13)/t9-,15?/m1/s1. The lowest BCUT2D eigenvalue weighted by molar-refractivity contribution is -0.119. The average Bonchev–Trinajstić information content (AvgIpc) is 2.18. The molecule has 2 atom stereocenters. The van der Waals surface area contributed by atoms with Crippen LogP contribution in [0.25, 0.3) is 0 Å². The van der Waals surface area contributed by atoms with E-state index < -0.39 is 23.1 Å². The number of hydrogen-bond acceptors (Lipinski definition) is 3. The maximum atomic E-state index is 11.1. The van der Waals surface area contributed by atoms with Gasteiger partial charge in [-0.1, -0.05) is 12.1 Å². The van der Waals surface area contributed by atoms with Crippen LogP contribution in [0.15, 0.2) is 29.2 Å². The molecule has 0 saturated carbocycles. The molecule has 15 heavy (non-hydrogen) atoms. The van der Waals surface area contributed by atoms with Crippen LogP contribution in [0.2, 0.25) is 0 Å². The Hall–Kier alpha value is -1.04. The Morgan fingerprint density at radius 3 is 2.40 bits per heavy atom. The summed E-state index contributed by atoms with van der Waals surface area (Å²) in [4.78, 5) is 11.5. The Balaban J connectivity index is 2.68. The van der Waals surface area contributed by atoms with Gasteiger partial charge in [-0.05, 0) is 35.3 Å². The molecular formula is C10H14N2O2S. The first-order valence-electron chi connectivity index (χ1n) is 4.48. The largest absolute Gasteiger partial charge is 0.612 e. The number of primary amides is 1. The second kappa shape index (κ2) is 5.16. The van der Waals surface area contributed by atoms with E-state index in [-0.39, 0.29) is 0 Å². The Morgan fingerprint density at radius 1 is 1.47 bits per heavy atom. The zero-order chi connectivity index (χ0) is 11.4. The monoisotopic (exact) mass is 226 g/mol. The van der Waals surface area contributed by atoms with Crippen molar-refractivity contribution in [1.29, 1.82) is 0 Å². The van der Waals surface area contributed by atoms with Gasteiger partial charge in [-0.3, -0.25) is 4.79 Å². The van der Waals surface area contributed by atoms with E-state index in [0.29, 0.717) is 6.42 Å². The molecule has 1 rings (SSSR count). The highest BCUT2D eigenvalue weighted by Crippen LogP contribution is 2.11. The lowest BCUT2D eigenvalue weighted by Crippen LogP contribution is -2.38. The number of amides is 1. The summed E-state index contributed by atoms with van der Waals surface area (Å²) in [5, 5.41) is 0. The molecule has 0 bridgehead atoms. The third kappa shape index (κ3) is 3.54. The third-order valence-corrected chi connectivity index (χ3v) is 3.01. The Morgan fingerprint density at radius 2 is 2.00 bits per heavy atom. The molecule has 5 heteroatoms. The van der Waals surface area contributed by atoms with Crippen molar-refractivity contribution < 1.29 is 9.35 Å². The zero-order valence-corrected chi connectivity index (χ0v) is 9.29. The minimum Gasteiger partial charge on any atom is -0.612 e. The molecule has 0 aromatic heterocycles. The van der Waals surface area contributed by atoms with Gasteiger partial charge in [0.2, 0.25) is 5.91 Å². The van der Waals surface area contributed by atoms with E-state index in [1.807, 2.05) is 0 Å². The number of nitrogens with two attached hydrogens (primary N) is 2. The van der Waals surface area contributed by atoms with Crippen molar-refractivity contribution in [3.8, 4) is 0 Å². The fourth-order valence-corrected chi connectivity index (χ4v) is 1.69. The van der Waals surface area contributed by atoms with Gasteiger partial charge in [0.15, 0.2) is 4.90 Å². The molecule has 82 valence electrons. The van der Waals surface area contributed by atoms with Crippen LogP contribution in [0.4, 0.5) is 0 Å². The van der Waals surface area contributed by atoms with Crippen molar-refractivity contribution >= 4 is 17.1 Å². The second-order valence-corrected chi connectivity index (χ2v) is 4.69. The highest BCUT2D eigenvalue weighted by molar-refractivity contribution is 7.90. The molecule has 0 fully saturated rings. The SMILES string of the molecule is C[S+]([O-])c1ccc(C[C@@H](N)C(N)=O)cc1. The lowest BCUT2D eigenvalue weighted by atomic mass is 10.1. The van der Waals surface area contributed by atoms with Crippen molar-refractivity contribution in [3.63, 3.8) is 0 Å². The van der Waals surface area contributed by atoms with Crippen LogP contribution in [0.5, 0.6) is 0 Å². The van der Waals surface area contributed by atoms with Crippen LogP contribution in [0, 0.1) is 0 Å². The number of rotatable bonds is 4. The van der Waals surface area contributed by atoms with Crippen molar-refractivity contribution in [2.45, 2.75) is 17.4 Å². The maximum Gasteiger partial charge on any atom is 0.234 e. The second-order valence-electron chi connectivity index (χ2n) is 3.31. The van der Waals surface area contributed by atoms with Gasteiger partial charge in [0, 0.05) is 0 Å². The van der Waals surface area contributed by atoms with Crippen molar-refractivity contribution in [3.05, 3.63) is 29.8 Å². The highest BCUT2D eigenvalue weighted by Gasteiger charge is 2.10. The van der Waals surface area contributed by atoms with Gasteiger partial charge < -0.3 is 16.0 Å². The summed E-state index contributed by atoms with van der Waals surface area (Å²) < 4.78 is 11.1. The maximum absolute atomic E-state index is 11.1. The molecular weight excluding hydrogens is 212 g/mol. The van der Waals surface area contributed by atoms with Gasteiger partial charge in [-0.2, -0.15) is 0 Å². The Labute approximate surface area is 91.8 Å². The summed E-state index contributed by atoms with van der Waals surface area (Å²) in [7, 11) is 0. The molecule has 1 aromatic rings. The van der Waals surface area contributed by atoms with E-state index in [1.54, 1.807) is 30.5 Å². The molecule has 4 nitrogen and oxygen atoms in total. The van der Waals surface area contributed by atoms with Crippen LogP contribution in [-0.4, -0.2) is 22.8 Å². The zero-order valence-electron chi connectivity index (χ0n) is 8.47. The lowest BCUT2D eigenvalue weighted by Gasteiger charge is -2.08. The Kier molecular flexibility index (Phi) is 4.14. The third-order valence-electron chi connectivity index (χ3n) is 2.08. The van der Waals surface area contributed by atoms with Crippen molar-refractivity contribution in [1.82, 2.24) is 0 Å². The van der Waals surface area contributed by atoms with E-state index in [2.05, 4.69) is 0 Å². The van der Waals surface area contributed by atoms with E-state index in [1.165, 1.54) is 0 Å². The smallest absolute Gasteiger partial charge is 0.234 e. The van der Waals surface area contributed by atoms with Gasteiger partial charge in [-0.25, -0.2) is 0 Å². The van der Waals surface area contributed by atoms with E-state index in [4.69, 9.17) is 11.5 Å². The van der Waals surface area contributed by atoms with Crippen LogP contribution in [0.1, 0.15) is 5.56 Å². The molecule has 0 aliphatic carbocycles. The summed E-state index contributed by atoms with van der Waals surface area (Å²) in [6.07, 6.45) is 2.02. The number of carbonyl (C=O) groups excluding carboxylic acids is 1. The van der Waals surface area contributed by atoms with E-state index >= 15 is 0 Å². The summed E-state index contributed by atoms with van der Waals surface area (Å²) >= 11 is -0.982. The number of carbonyl (C=O) groups is 1. The highest BCUT2D eigenvalue weighted by atomic mass is 32.2. The normalized spacial score (nSPS) is 14.6. The molecule has 0 saturated heterocycles. The molecule has 0 heterocycles. The van der Waals surface area contributed by atoms with E-state index in [9.17, 15) is 9.35 Å². The quantitative estimate of drug-likeness (QED) is 0.695.